The Kier molecular flexibility index (Phi) is 3.84. The zero-order chi connectivity index (χ0) is 15.5. The number of anilines is 1. The van der Waals surface area contributed by atoms with Gasteiger partial charge in [-0.15, -0.1) is 5.10 Å². The molecule has 0 aliphatic heterocycles. The maximum atomic E-state index is 12.2. The molecular weight excluding hydrogens is 296 g/mol. The number of hydrogen-bond acceptors (Lipinski definition) is 4. The summed E-state index contributed by atoms with van der Waals surface area (Å²) >= 11 is 1.05. The van der Waals surface area contributed by atoms with Crippen LogP contribution in [-0.4, -0.2) is 15.7 Å². The molecule has 0 fully saturated rings. The molecule has 3 aromatic rings. The standard InChI is InChI=1S/C16H14N4OS/c1-11-7-9-13(10-8-11)20-16(17)22-15(19-20)14(21)18-12-5-3-2-4-6-12/h2-10,17H,1H3,(H,18,21). The summed E-state index contributed by atoms with van der Waals surface area (Å²) in [6.07, 6.45) is 0. The molecule has 6 heteroatoms. The van der Waals surface area contributed by atoms with Crippen LogP contribution in [0.15, 0.2) is 54.6 Å². The first-order chi connectivity index (χ1) is 10.6. The Morgan fingerprint density at radius 1 is 1.14 bits per heavy atom. The topological polar surface area (TPSA) is 70.8 Å². The molecule has 0 aliphatic rings. The van der Waals surface area contributed by atoms with E-state index < -0.39 is 0 Å². The van der Waals surface area contributed by atoms with Crippen LogP contribution in [0.4, 0.5) is 5.69 Å². The molecule has 0 radical (unpaired) electrons. The molecule has 0 aliphatic carbocycles. The highest BCUT2D eigenvalue weighted by atomic mass is 32.1. The van der Waals surface area contributed by atoms with E-state index in [1.807, 2.05) is 49.4 Å². The van der Waals surface area contributed by atoms with E-state index in [1.165, 1.54) is 4.68 Å². The average molecular weight is 310 g/mol. The van der Waals surface area contributed by atoms with Gasteiger partial charge in [-0.3, -0.25) is 10.2 Å². The van der Waals surface area contributed by atoms with Crippen LogP contribution in [-0.2, 0) is 0 Å². The second-order valence-corrected chi connectivity index (χ2v) is 5.76. The van der Waals surface area contributed by atoms with E-state index >= 15 is 0 Å². The molecule has 22 heavy (non-hydrogen) atoms. The number of nitrogens with one attached hydrogen (secondary N) is 2. The largest absolute Gasteiger partial charge is 0.320 e. The van der Waals surface area contributed by atoms with E-state index in [-0.39, 0.29) is 15.7 Å². The van der Waals surface area contributed by atoms with Crippen LogP contribution >= 0.6 is 11.3 Å². The van der Waals surface area contributed by atoms with Crippen LogP contribution in [0.25, 0.3) is 5.69 Å². The summed E-state index contributed by atoms with van der Waals surface area (Å²) in [5.74, 6) is -0.310. The van der Waals surface area contributed by atoms with Crippen LogP contribution in [0, 0.1) is 12.3 Å². The second kappa shape index (κ2) is 5.95. The lowest BCUT2D eigenvalue weighted by Gasteiger charge is -2.02. The number of rotatable bonds is 3. The van der Waals surface area contributed by atoms with E-state index in [1.54, 1.807) is 12.1 Å². The molecular formula is C16H14N4OS. The van der Waals surface area contributed by atoms with Gasteiger partial charge in [0.1, 0.15) is 0 Å². The minimum absolute atomic E-state index is 0.210. The third-order valence-corrected chi connectivity index (χ3v) is 3.91. The number of nitrogens with zero attached hydrogens (tertiary/aromatic N) is 2. The average Bonchev–Trinajstić information content (AvgIpc) is 2.91. The van der Waals surface area contributed by atoms with Gasteiger partial charge in [-0.1, -0.05) is 47.2 Å². The smallest absolute Gasteiger partial charge is 0.286 e. The summed E-state index contributed by atoms with van der Waals surface area (Å²) in [4.78, 5) is 12.4. The van der Waals surface area contributed by atoms with Gasteiger partial charge in [0.15, 0.2) is 0 Å². The number of carbonyl (C=O) groups is 1. The van der Waals surface area contributed by atoms with Crippen molar-refractivity contribution in [3.8, 4) is 5.69 Å². The zero-order valence-corrected chi connectivity index (χ0v) is 12.7. The predicted molar refractivity (Wildman–Crippen MR) is 86.4 cm³/mol. The first-order valence-corrected chi connectivity index (χ1v) is 7.53. The molecule has 2 N–H and O–H groups in total. The van der Waals surface area contributed by atoms with Crippen molar-refractivity contribution in [1.82, 2.24) is 9.78 Å². The lowest BCUT2D eigenvalue weighted by molar-refractivity contribution is 0.102. The van der Waals surface area contributed by atoms with Gasteiger partial charge < -0.3 is 5.32 Å². The van der Waals surface area contributed by atoms with Gasteiger partial charge >= 0.3 is 0 Å². The van der Waals surface area contributed by atoms with Crippen LogP contribution < -0.4 is 10.1 Å². The molecule has 0 unspecified atom stereocenters. The van der Waals surface area contributed by atoms with Crippen molar-refractivity contribution in [2.24, 2.45) is 0 Å². The van der Waals surface area contributed by atoms with Gasteiger partial charge in [-0.2, -0.15) is 0 Å². The summed E-state index contributed by atoms with van der Waals surface area (Å²) in [6, 6.07) is 16.8. The number of para-hydroxylation sites is 1. The molecule has 5 nitrogen and oxygen atoms in total. The van der Waals surface area contributed by atoms with E-state index in [0.29, 0.717) is 5.69 Å². The van der Waals surface area contributed by atoms with Crippen molar-refractivity contribution in [3.63, 3.8) is 0 Å². The van der Waals surface area contributed by atoms with Crippen LogP contribution in [0.1, 0.15) is 15.4 Å². The van der Waals surface area contributed by atoms with Crippen molar-refractivity contribution in [2.45, 2.75) is 6.92 Å². The maximum Gasteiger partial charge on any atom is 0.286 e. The lowest BCUT2D eigenvalue weighted by Crippen LogP contribution is -2.14. The Balaban J connectivity index is 1.87. The SMILES string of the molecule is Cc1ccc(-n2nc(C(=O)Nc3ccccc3)sc2=N)cc1. The van der Waals surface area contributed by atoms with Crippen LogP contribution in [0.5, 0.6) is 0 Å². The minimum atomic E-state index is -0.310. The van der Waals surface area contributed by atoms with E-state index in [2.05, 4.69) is 10.4 Å². The molecule has 1 aromatic heterocycles. The third kappa shape index (κ3) is 2.96. The molecule has 3 rings (SSSR count). The summed E-state index contributed by atoms with van der Waals surface area (Å²) in [7, 11) is 0. The van der Waals surface area contributed by atoms with Crippen molar-refractivity contribution in [3.05, 3.63) is 70.0 Å². The Labute approximate surface area is 131 Å². The van der Waals surface area contributed by atoms with Gasteiger partial charge in [-0.05, 0) is 31.2 Å². The van der Waals surface area contributed by atoms with Crippen LogP contribution in [0.3, 0.4) is 0 Å². The molecule has 110 valence electrons. The predicted octanol–water partition coefficient (Wildman–Crippen LogP) is 2.97. The fourth-order valence-corrected chi connectivity index (χ4v) is 2.63. The Morgan fingerprint density at radius 3 is 2.50 bits per heavy atom. The summed E-state index contributed by atoms with van der Waals surface area (Å²) in [5, 5.41) is 15.3. The normalized spacial score (nSPS) is 10.4. The molecule has 0 spiro atoms. The number of carbonyl (C=O) groups excluding carboxylic acids is 1. The first kappa shape index (κ1) is 14.2. The van der Waals surface area contributed by atoms with E-state index in [0.717, 1.165) is 22.6 Å². The van der Waals surface area contributed by atoms with Crippen LogP contribution in [0.2, 0.25) is 0 Å². The maximum absolute atomic E-state index is 12.2. The number of aryl methyl sites for hydroxylation is 1. The molecule has 2 aromatic carbocycles. The number of aromatic nitrogens is 2. The van der Waals surface area contributed by atoms with Gasteiger partial charge in [-0.25, -0.2) is 4.68 Å². The highest BCUT2D eigenvalue weighted by molar-refractivity contribution is 7.11. The third-order valence-electron chi connectivity index (χ3n) is 3.08. The molecule has 1 amide bonds. The van der Waals surface area contributed by atoms with Gasteiger partial charge in [0, 0.05) is 5.69 Å². The Morgan fingerprint density at radius 2 is 1.82 bits per heavy atom. The zero-order valence-electron chi connectivity index (χ0n) is 11.9. The van der Waals surface area contributed by atoms with Gasteiger partial charge in [0.2, 0.25) is 9.81 Å². The van der Waals surface area contributed by atoms with Crippen molar-refractivity contribution >= 4 is 22.9 Å². The quantitative estimate of drug-likeness (QED) is 0.780. The summed E-state index contributed by atoms with van der Waals surface area (Å²) in [5.41, 5.74) is 2.61. The minimum Gasteiger partial charge on any atom is -0.320 e. The molecule has 0 bridgehead atoms. The van der Waals surface area contributed by atoms with Gasteiger partial charge in [0.25, 0.3) is 5.91 Å². The second-order valence-electron chi connectivity index (χ2n) is 4.78. The highest BCUT2D eigenvalue weighted by Crippen LogP contribution is 2.11. The van der Waals surface area contributed by atoms with Crippen molar-refractivity contribution in [1.29, 1.82) is 5.41 Å². The molecule has 0 saturated carbocycles. The Hall–Kier alpha value is -2.73. The van der Waals surface area contributed by atoms with Gasteiger partial charge in [0.05, 0.1) is 5.69 Å². The first-order valence-electron chi connectivity index (χ1n) is 6.72. The summed E-state index contributed by atoms with van der Waals surface area (Å²) < 4.78 is 1.46. The van der Waals surface area contributed by atoms with E-state index in [9.17, 15) is 4.79 Å². The number of amides is 1. The fraction of sp³-hybridized carbons (Fsp3) is 0.0625. The Bertz CT molecular complexity index is 850. The molecule has 0 atom stereocenters. The monoisotopic (exact) mass is 310 g/mol. The lowest BCUT2D eigenvalue weighted by atomic mass is 10.2. The van der Waals surface area contributed by atoms with Crippen molar-refractivity contribution in [2.75, 3.05) is 5.32 Å². The van der Waals surface area contributed by atoms with Crippen molar-refractivity contribution < 1.29 is 4.79 Å². The fourth-order valence-electron chi connectivity index (χ4n) is 1.95. The summed E-state index contributed by atoms with van der Waals surface area (Å²) in [6.45, 7) is 2.00. The number of hydrogen-bond donors (Lipinski definition) is 2. The highest BCUT2D eigenvalue weighted by Gasteiger charge is 2.13. The molecule has 1 heterocycles. The molecule has 0 saturated heterocycles. The van der Waals surface area contributed by atoms with E-state index in [4.69, 9.17) is 5.41 Å². The number of benzene rings is 2.